The highest BCUT2D eigenvalue weighted by molar-refractivity contribution is 9.10. The van der Waals surface area contributed by atoms with Gasteiger partial charge in [0.1, 0.15) is 0 Å². The minimum Gasteiger partial charge on any atom is -0.313 e. The van der Waals surface area contributed by atoms with E-state index in [9.17, 15) is 0 Å². The molecule has 0 aliphatic heterocycles. The van der Waals surface area contributed by atoms with E-state index < -0.39 is 0 Å². The Morgan fingerprint density at radius 2 is 2.06 bits per heavy atom. The van der Waals surface area contributed by atoms with E-state index in [-0.39, 0.29) is 0 Å². The van der Waals surface area contributed by atoms with Gasteiger partial charge in [-0.15, -0.1) is 11.3 Å². The van der Waals surface area contributed by atoms with E-state index >= 15 is 0 Å². The van der Waals surface area contributed by atoms with Crippen LogP contribution >= 0.6 is 27.3 Å². The molecule has 2 rings (SSSR count). The molecule has 90 valence electrons. The summed E-state index contributed by atoms with van der Waals surface area (Å²) in [5.41, 5.74) is 2.45. The summed E-state index contributed by atoms with van der Waals surface area (Å²) in [5, 5.41) is 6.61. The summed E-state index contributed by atoms with van der Waals surface area (Å²) >= 11 is 5.16. The van der Waals surface area contributed by atoms with E-state index in [4.69, 9.17) is 0 Å². The summed E-state index contributed by atoms with van der Waals surface area (Å²) in [5.74, 6) is 0. The van der Waals surface area contributed by atoms with Gasteiger partial charge in [-0.3, -0.25) is 0 Å². The number of hydrogen-bond acceptors (Lipinski definition) is 3. The third kappa shape index (κ3) is 3.37. The lowest BCUT2D eigenvalue weighted by atomic mass is 10.0. The molecule has 0 radical (unpaired) electrons. The number of aryl methyl sites for hydroxylation is 1. The first-order valence-electron chi connectivity index (χ1n) is 5.53. The van der Waals surface area contributed by atoms with Gasteiger partial charge in [0.2, 0.25) is 0 Å². The largest absolute Gasteiger partial charge is 0.313 e. The van der Waals surface area contributed by atoms with Crippen LogP contribution in [0, 0.1) is 6.92 Å². The first-order valence-corrected chi connectivity index (χ1v) is 7.20. The molecule has 1 aromatic carbocycles. The fraction of sp³-hybridized carbons (Fsp3) is 0.308. The summed E-state index contributed by atoms with van der Waals surface area (Å²) in [6.45, 7) is 2.04. The van der Waals surface area contributed by atoms with Gasteiger partial charge in [-0.1, -0.05) is 28.1 Å². The van der Waals surface area contributed by atoms with Gasteiger partial charge in [-0.2, -0.15) is 0 Å². The molecule has 17 heavy (non-hydrogen) atoms. The molecule has 1 heterocycles. The predicted molar refractivity (Wildman–Crippen MR) is 76.5 cm³/mol. The Bertz CT molecular complexity index is 478. The number of thiazole rings is 1. The molecule has 4 heteroatoms. The number of nitrogens with zero attached hydrogens (tertiary/aromatic N) is 1. The van der Waals surface area contributed by atoms with Crippen LogP contribution < -0.4 is 5.32 Å². The minimum atomic E-state index is 0.324. The fourth-order valence-electron chi connectivity index (χ4n) is 1.79. The van der Waals surface area contributed by atoms with E-state index in [0.29, 0.717) is 6.04 Å². The molecule has 1 aromatic heterocycles. The maximum Gasteiger partial charge on any atom is 0.0897 e. The smallest absolute Gasteiger partial charge is 0.0897 e. The summed E-state index contributed by atoms with van der Waals surface area (Å²) in [6.07, 6.45) is 0.933. The molecule has 1 atom stereocenters. The number of rotatable bonds is 4. The molecule has 0 amide bonds. The molecule has 0 saturated carbocycles. The van der Waals surface area contributed by atoms with Gasteiger partial charge in [0.05, 0.1) is 10.7 Å². The maximum atomic E-state index is 4.51. The number of nitrogens with one attached hydrogen (secondary N) is 1. The Balaban J connectivity index is 2.13. The van der Waals surface area contributed by atoms with Crippen LogP contribution in [-0.2, 0) is 6.42 Å². The molecule has 0 aliphatic carbocycles. The quantitative estimate of drug-likeness (QED) is 0.931. The predicted octanol–water partition coefficient (Wildman–Crippen LogP) is 3.72. The number of hydrogen-bond donors (Lipinski definition) is 1. The van der Waals surface area contributed by atoms with Crippen LogP contribution in [0.1, 0.15) is 22.3 Å². The van der Waals surface area contributed by atoms with Crippen molar-refractivity contribution in [2.75, 3.05) is 7.05 Å². The van der Waals surface area contributed by atoms with Crippen molar-refractivity contribution in [1.29, 1.82) is 0 Å². The standard InChI is InChI=1S/C13H15BrN2S/c1-9-16-12(8-17-9)7-13(15-2)10-3-5-11(14)6-4-10/h3-6,8,13,15H,7H2,1-2H3. The summed E-state index contributed by atoms with van der Waals surface area (Å²) < 4.78 is 1.11. The Morgan fingerprint density at radius 1 is 1.35 bits per heavy atom. The molecule has 2 aromatic rings. The molecular formula is C13H15BrN2S. The van der Waals surface area contributed by atoms with Crippen molar-refractivity contribution in [3.63, 3.8) is 0 Å². The second-order valence-electron chi connectivity index (χ2n) is 3.95. The van der Waals surface area contributed by atoms with Crippen molar-refractivity contribution < 1.29 is 0 Å². The van der Waals surface area contributed by atoms with Gasteiger partial charge < -0.3 is 5.32 Å². The SMILES string of the molecule is CNC(Cc1csc(C)n1)c1ccc(Br)cc1. The summed E-state index contributed by atoms with van der Waals surface area (Å²) in [6, 6.07) is 8.76. The van der Waals surface area contributed by atoms with Crippen molar-refractivity contribution in [2.45, 2.75) is 19.4 Å². The Hall–Kier alpha value is -0.710. The second-order valence-corrected chi connectivity index (χ2v) is 5.93. The monoisotopic (exact) mass is 310 g/mol. The number of halogens is 1. The van der Waals surface area contributed by atoms with E-state index in [0.717, 1.165) is 21.6 Å². The summed E-state index contributed by atoms with van der Waals surface area (Å²) in [4.78, 5) is 4.51. The lowest BCUT2D eigenvalue weighted by molar-refractivity contribution is 0.585. The maximum absolute atomic E-state index is 4.51. The Labute approximate surface area is 114 Å². The Morgan fingerprint density at radius 3 is 2.59 bits per heavy atom. The van der Waals surface area contributed by atoms with Crippen LogP contribution in [0.4, 0.5) is 0 Å². The van der Waals surface area contributed by atoms with E-state index in [1.165, 1.54) is 5.56 Å². The third-order valence-corrected chi connectivity index (χ3v) is 4.05. The number of aromatic nitrogens is 1. The van der Waals surface area contributed by atoms with Crippen LogP contribution in [0.15, 0.2) is 34.1 Å². The van der Waals surface area contributed by atoms with Crippen LogP contribution in [0.5, 0.6) is 0 Å². The van der Waals surface area contributed by atoms with Crippen LogP contribution in [-0.4, -0.2) is 12.0 Å². The van der Waals surface area contributed by atoms with Gasteiger partial charge in [0.15, 0.2) is 0 Å². The zero-order valence-electron chi connectivity index (χ0n) is 9.90. The number of likely N-dealkylation sites (N-methyl/N-ethyl adjacent to an activating group) is 1. The minimum absolute atomic E-state index is 0.324. The fourth-order valence-corrected chi connectivity index (χ4v) is 2.68. The lowest BCUT2D eigenvalue weighted by Gasteiger charge is -2.15. The highest BCUT2D eigenvalue weighted by Crippen LogP contribution is 2.21. The van der Waals surface area contributed by atoms with Gasteiger partial charge >= 0.3 is 0 Å². The molecular weight excluding hydrogens is 296 g/mol. The topological polar surface area (TPSA) is 24.9 Å². The summed E-state index contributed by atoms with van der Waals surface area (Å²) in [7, 11) is 1.99. The highest BCUT2D eigenvalue weighted by atomic mass is 79.9. The van der Waals surface area contributed by atoms with Crippen LogP contribution in [0.2, 0.25) is 0 Å². The van der Waals surface area contributed by atoms with Crippen molar-refractivity contribution >= 4 is 27.3 Å². The molecule has 0 spiro atoms. The highest BCUT2D eigenvalue weighted by Gasteiger charge is 2.11. The lowest BCUT2D eigenvalue weighted by Crippen LogP contribution is -2.18. The molecule has 1 unspecified atom stereocenters. The van der Waals surface area contributed by atoms with Crippen LogP contribution in [0.25, 0.3) is 0 Å². The average molecular weight is 311 g/mol. The zero-order chi connectivity index (χ0) is 12.3. The van der Waals surface area contributed by atoms with Crippen LogP contribution in [0.3, 0.4) is 0 Å². The van der Waals surface area contributed by atoms with Gasteiger partial charge in [0.25, 0.3) is 0 Å². The van der Waals surface area contributed by atoms with Gasteiger partial charge in [-0.25, -0.2) is 4.98 Å². The second kappa shape index (κ2) is 5.76. The molecule has 2 nitrogen and oxygen atoms in total. The molecule has 0 aliphatic rings. The van der Waals surface area contributed by atoms with Crippen molar-refractivity contribution in [1.82, 2.24) is 10.3 Å². The average Bonchev–Trinajstić information content (AvgIpc) is 2.73. The van der Waals surface area contributed by atoms with E-state index in [2.05, 4.69) is 55.9 Å². The van der Waals surface area contributed by atoms with E-state index in [1.807, 2.05) is 14.0 Å². The third-order valence-electron chi connectivity index (χ3n) is 2.70. The molecule has 0 saturated heterocycles. The zero-order valence-corrected chi connectivity index (χ0v) is 12.3. The van der Waals surface area contributed by atoms with Gasteiger partial charge in [-0.05, 0) is 31.7 Å². The van der Waals surface area contributed by atoms with Crippen molar-refractivity contribution in [3.05, 3.63) is 50.4 Å². The molecule has 0 fully saturated rings. The van der Waals surface area contributed by atoms with Crippen molar-refractivity contribution in [3.8, 4) is 0 Å². The molecule has 0 bridgehead atoms. The van der Waals surface area contributed by atoms with Crippen molar-refractivity contribution in [2.24, 2.45) is 0 Å². The normalized spacial score (nSPS) is 12.6. The first-order chi connectivity index (χ1) is 8.19. The Kier molecular flexibility index (Phi) is 4.31. The first kappa shape index (κ1) is 12.7. The van der Waals surface area contributed by atoms with Gasteiger partial charge in [0, 0.05) is 22.3 Å². The number of benzene rings is 1. The molecule has 1 N–H and O–H groups in total. The van der Waals surface area contributed by atoms with E-state index in [1.54, 1.807) is 11.3 Å².